The first kappa shape index (κ1) is 46.0. The third-order valence-electron chi connectivity index (χ3n) is 9.00. The highest BCUT2D eigenvalue weighted by Gasteiger charge is 2.19. The van der Waals surface area contributed by atoms with Gasteiger partial charge in [0.25, 0.3) is 0 Å². The number of phosphoric ester groups is 1. The van der Waals surface area contributed by atoms with Crippen molar-refractivity contribution in [3.8, 4) is 0 Å². The van der Waals surface area contributed by atoms with Crippen molar-refractivity contribution in [3.63, 3.8) is 0 Å². The molecule has 0 fully saturated rings. The van der Waals surface area contributed by atoms with Gasteiger partial charge in [0, 0.05) is 25.8 Å². The predicted octanol–water partition coefficient (Wildman–Crippen LogP) is 10.5. The molecule has 0 aliphatic carbocycles. The van der Waals surface area contributed by atoms with Crippen molar-refractivity contribution < 1.29 is 37.9 Å². The first-order valence-electron chi connectivity index (χ1n) is 19.4. The van der Waals surface area contributed by atoms with E-state index in [1.807, 2.05) is 0 Å². The molecule has 0 aromatic rings. The lowest BCUT2D eigenvalue weighted by molar-refractivity contribution is -0.144. The summed E-state index contributed by atoms with van der Waals surface area (Å²) in [6.45, 7) is 5.11. The number of carboxylic acid groups (broad SMARTS) is 1. The summed E-state index contributed by atoms with van der Waals surface area (Å²) in [5, 5.41) is 8.66. The molecule has 0 aromatic heterocycles. The van der Waals surface area contributed by atoms with Crippen LogP contribution in [0.5, 0.6) is 0 Å². The Kier molecular flexibility index (Phi) is 32.8. The first-order chi connectivity index (χ1) is 22.7. The van der Waals surface area contributed by atoms with Crippen molar-refractivity contribution in [1.29, 1.82) is 0 Å². The van der Waals surface area contributed by atoms with E-state index in [1.54, 1.807) is 0 Å². The summed E-state index contributed by atoms with van der Waals surface area (Å²) in [5.41, 5.74) is 5.22. The van der Waals surface area contributed by atoms with Crippen molar-refractivity contribution >= 4 is 19.8 Å². The van der Waals surface area contributed by atoms with Gasteiger partial charge in [-0.3, -0.25) is 18.6 Å². The fourth-order valence-electron chi connectivity index (χ4n) is 5.92. The van der Waals surface area contributed by atoms with Gasteiger partial charge in [-0.2, -0.15) is 0 Å². The van der Waals surface area contributed by atoms with Crippen LogP contribution >= 0.6 is 7.82 Å². The number of carbonyl (C=O) groups excluding carboxylic acids is 1. The van der Waals surface area contributed by atoms with Crippen LogP contribution in [0.25, 0.3) is 0 Å². The number of carbonyl (C=O) groups is 2. The van der Waals surface area contributed by atoms with Crippen LogP contribution in [0.4, 0.5) is 0 Å². The molecule has 0 rings (SSSR count). The molecule has 0 spiro atoms. The number of unbranched alkanes of at least 4 members (excludes halogenated alkanes) is 18. The minimum absolute atomic E-state index is 0.0181. The number of hydrogen-bond donors (Lipinski definition) is 3. The van der Waals surface area contributed by atoms with Crippen LogP contribution in [-0.2, 0) is 27.9 Å². The molecule has 9 nitrogen and oxygen atoms in total. The highest BCUT2D eigenvalue weighted by molar-refractivity contribution is 7.47. The van der Waals surface area contributed by atoms with Crippen molar-refractivity contribution in [2.24, 2.45) is 17.6 Å². The molecule has 0 saturated carbocycles. The molecular weight excluding hydrogens is 617 g/mol. The Balaban J connectivity index is 3.39. The normalized spacial score (nSPS) is 14.1. The van der Waals surface area contributed by atoms with Crippen LogP contribution in [0.3, 0.4) is 0 Å². The third kappa shape index (κ3) is 36.1. The Morgan fingerprint density at radius 2 is 0.936 bits per heavy atom. The number of phosphoric acid groups is 1. The van der Waals surface area contributed by atoms with Crippen LogP contribution in [0.2, 0.25) is 0 Å². The Morgan fingerprint density at radius 1 is 0.553 bits per heavy atom. The molecular formula is C37H74NO8P. The van der Waals surface area contributed by atoms with Crippen molar-refractivity contribution in [1.82, 2.24) is 0 Å². The number of aliphatic carboxylic acids is 1. The van der Waals surface area contributed by atoms with E-state index in [0.29, 0.717) is 19.3 Å². The standard InChI is InChI=1S/C37H74NO8P/c1-34(24-19-15-11-7-3-5-9-13-17-21-26-36(39)40)28-29-35(2)25-20-16-12-8-4-6-10-14-18-22-27-37(41)44-31-23-32-45-47(42,43)46-33-30-38/h34-35H,3-33,38H2,1-2H3,(H,39,40)(H,42,43). The van der Waals surface area contributed by atoms with Gasteiger partial charge in [0.1, 0.15) is 0 Å². The summed E-state index contributed by atoms with van der Waals surface area (Å²) in [7, 11) is -4.06. The quantitative estimate of drug-likeness (QED) is 0.0329. The lowest BCUT2D eigenvalue weighted by atomic mass is 9.91. The van der Waals surface area contributed by atoms with Crippen LogP contribution in [0.1, 0.15) is 187 Å². The van der Waals surface area contributed by atoms with E-state index in [-0.39, 0.29) is 32.3 Å². The monoisotopic (exact) mass is 692 g/mol. The van der Waals surface area contributed by atoms with Gasteiger partial charge in [-0.15, -0.1) is 0 Å². The zero-order valence-corrected chi connectivity index (χ0v) is 31.3. The maximum Gasteiger partial charge on any atom is 0.472 e. The molecule has 0 bridgehead atoms. The largest absolute Gasteiger partial charge is 0.481 e. The first-order valence-corrected chi connectivity index (χ1v) is 20.8. The van der Waals surface area contributed by atoms with Crippen molar-refractivity contribution in [3.05, 3.63) is 0 Å². The van der Waals surface area contributed by atoms with Crippen LogP contribution < -0.4 is 5.73 Å². The lowest BCUT2D eigenvalue weighted by Crippen LogP contribution is -2.10. The van der Waals surface area contributed by atoms with Crippen LogP contribution in [-0.4, -0.2) is 48.3 Å². The predicted molar refractivity (Wildman–Crippen MR) is 192 cm³/mol. The fraction of sp³-hybridized carbons (Fsp3) is 0.946. The van der Waals surface area contributed by atoms with Crippen LogP contribution in [0.15, 0.2) is 0 Å². The van der Waals surface area contributed by atoms with E-state index in [4.69, 9.17) is 20.1 Å². The second-order valence-corrected chi connectivity index (χ2v) is 15.3. The smallest absolute Gasteiger partial charge is 0.472 e. The molecule has 3 unspecified atom stereocenters. The number of nitrogens with two attached hydrogens (primary N) is 1. The molecule has 0 amide bonds. The fourth-order valence-corrected chi connectivity index (χ4v) is 6.69. The SMILES string of the molecule is CC(CCCCCCCCCCCCC(=O)O)CCC(C)CCCCCCCCCCCCC(=O)OCCCOP(=O)(O)OCCN. The molecule has 0 aliphatic heterocycles. The second kappa shape index (κ2) is 33.5. The summed E-state index contributed by atoms with van der Waals surface area (Å²) < 4.78 is 26.0. The average Bonchev–Trinajstić information content (AvgIpc) is 3.03. The van der Waals surface area contributed by atoms with E-state index < -0.39 is 13.8 Å². The molecule has 0 heterocycles. The van der Waals surface area contributed by atoms with E-state index >= 15 is 0 Å². The molecule has 0 aliphatic rings. The zero-order valence-electron chi connectivity index (χ0n) is 30.4. The van der Waals surface area contributed by atoms with Gasteiger partial charge >= 0.3 is 19.8 Å². The van der Waals surface area contributed by atoms with Gasteiger partial charge in [0.05, 0.1) is 19.8 Å². The van der Waals surface area contributed by atoms with Crippen molar-refractivity contribution in [2.75, 3.05) is 26.4 Å². The molecule has 4 N–H and O–H groups in total. The van der Waals surface area contributed by atoms with E-state index in [2.05, 4.69) is 18.4 Å². The highest BCUT2D eigenvalue weighted by Crippen LogP contribution is 2.42. The minimum atomic E-state index is -4.06. The Morgan fingerprint density at radius 3 is 1.36 bits per heavy atom. The summed E-state index contributed by atoms with van der Waals surface area (Å²) >= 11 is 0. The van der Waals surface area contributed by atoms with E-state index in [1.165, 1.54) is 122 Å². The van der Waals surface area contributed by atoms with Crippen molar-refractivity contribution in [2.45, 2.75) is 187 Å². The van der Waals surface area contributed by atoms with Gasteiger partial charge in [-0.25, -0.2) is 4.57 Å². The minimum Gasteiger partial charge on any atom is -0.481 e. The van der Waals surface area contributed by atoms with E-state index in [9.17, 15) is 19.0 Å². The van der Waals surface area contributed by atoms with E-state index in [0.717, 1.165) is 43.9 Å². The Labute approximate surface area is 288 Å². The van der Waals surface area contributed by atoms with Gasteiger partial charge in [-0.05, 0) is 24.7 Å². The molecule has 3 atom stereocenters. The van der Waals surface area contributed by atoms with Gasteiger partial charge in [0.2, 0.25) is 0 Å². The number of hydrogen-bond acceptors (Lipinski definition) is 7. The molecule has 0 radical (unpaired) electrons. The summed E-state index contributed by atoms with van der Waals surface area (Å²) in [6.07, 6.45) is 31.3. The van der Waals surface area contributed by atoms with Crippen LogP contribution in [0, 0.1) is 11.8 Å². The molecule has 0 saturated heterocycles. The molecule has 47 heavy (non-hydrogen) atoms. The van der Waals surface area contributed by atoms with Gasteiger partial charge in [0.15, 0.2) is 0 Å². The van der Waals surface area contributed by atoms with Gasteiger partial charge < -0.3 is 20.5 Å². The second-order valence-electron chi connectivity index (χ2n) is 13.8. The third-order valence-corrected chi connectivity index (χ3v) is 10.0. The Hall–Kier alpha value is -0.990. The highest BCUT2D eigenvalue weighted by atomic mass is 31.2. The Bertz CT molecular complexity index is 769. The maximum atomic E-state index is 11.8. The topological polar surface area (TPSA) is 145 Å². The average molecular weight is 692 g/mol. The number of esters is 1. The zero-order chi connectivity index (χ0) is 34.9. The number of carboxylic acids is 1. The summed E-state index contributed by atoms with van der Waals surface area (Å²) in [4.78, 5) is 31.7. The maximum absolute atomic E-state index is 11.8. The molecule has 10 heteroatoms. The molecule has 0 aromatic carbocycles. The number of ether oxygens (including phenoxy) is 1. The lowest BCUT2D eigenvalue weighted by Gasteiger charge is -2.15. The number of rotatable bonds is 37. The van der Waals surface area contributed by atoms with Gasteiger partial charge in [-0.1, -0.05) is 155 Å². The summed E-state index contributed by atoms with van der Waals surface area (Å²) in [5.74, 6) is 0.809. The molecule has 280 valence electrons. The summed E-state index contributed by atoms with van der Waals surface area (Å²) in [6, 6.07) is 0.